The summed E-state index contributed by atoms with van der Waals surface area (Å²) in [5, 5.41) is 3.57. The number of nitrogens with one attached hydrogen (secondary N) is 1. The van der Waals surface area contributed by atoms with Crippen LogP contribution in [-0.4, -0.2) is 6.61 Å². The summed E-state index contributed by atoms with van der Waals surface area (Å²) in [6.45, 7) is 8.07. The van der Waals surface area contributed by atoms with Crippen LogP contribution in [-0.2, 0) is 6.54 Å². The van der Waals surface area contributed by atoms with Gasteiger partial charge in [0.15, 0.2) is 0 Å². The molecular weight excluding hydrogens is 258 g/mol. The first-order valence-electron chi connectivity index (χ1n) is 7.70. The van der Waals surface area contributed by atoms with E-state index in [1.807, 2.05) is 6.07 Å². The molecule has 0 heterocycles. The van der Waals surface area contributed by atoms with Crippen LogP contribution >= 0.6 is 0 Å². The summed E-state index contributed by atoms with van der Waals surface area (Å²) in [6.07, 6.45) is 1.03. The van der Waals surface area contributed by atoms with Crippen LogP contribution in [0.3, 0.4) is 0 Å². The minimum absolute atomic E-state index is 0.338. The fourth-order valence-electron chi connectivity index (χ4n) is 2.29. The molecule has 2 heteroatoms. The van der Waals surface area contributed by atoms with Gasteiger partial charge >= 0.3 is 0 Å². The lowest BCUT2D eigenvalue weighted by Gasteiger charge is -2.15. The third-order valence-corrected chi connectivity index (χ3v) is 3.53. The Bertz CT molecular complexity index is 565. The molecule has 0 saturated carbocycles. The fraction of sp³-hybridized carbons (Fsp3) is 0.368. The maximum absolute atomic E-state index is 5.68. The van der Waals surface area contributed by atoms with E-state index in [9.17, 15) is 0 Å². The van der Waals surface area contributed by atoms with Crippen molar-refractivity contribution in [3.05, 3.63) is 65.2 Å². The van der Waals surface area contributed by atoms with Crippen molar-refractivity contribution in [3.8, 4) is 5.75 Å². The first-order chi connectivity index (χ1) is 10.2. The Morgan fingerprint density at radius 2 is 1.90 bits per heavy atom. The molecule has 0 spiro atoms. The van der Waals surface area contributed by atoms with Crippen molar-refractivity contribution in [2.75, 3.05) is 6.61 Å². The molecule has 1 atom stereocenters. The van der Waals surface area contributed by atoms with Crippen molar-refractivity contribution in [1.29, 1.82) is 0 Å². The van der Waals surface area contributed by atoms with E-state index >= 15 is 0 Å². The summed E-state index contributed by atoms with van der Waals surface area (Å²) in [4.78, 5) is 0. The Hall–Kier alpha value is -1.80. The lowest BCUT2D eigenvalue weighted by molar-refractivity contribution is 0.317. The normalized spacial score (nSPS) is 12.1. The predicted molar refractivity (Wildman–Crippen MR) is 88.7 cm³/mol. The number of aryl methyl sites for hydroxylation is 1. The zero-order valence-corrected chi connectivity index (χ0v) is 13.2. The van der Waals surface area contributed by atoms with Crippen LogP contribution in [0.15, 0.2) is 48.5 Å². The minimum Gasteiger partial charge on any atom is -0.494 e. The summed E-state index contributed by atoms with van der Waals surface area (Å²) in [7, 11) is 0. The third-order valence-electron chi connectivity index (χ3n) is 3.53. The van der Waals surface area contributed by atoms with Gasteiger partial charge in [0.2, 0.25) is 0 Å². The molecule has 2 rings (SSSR count). The molecular formula is C19H25NO. The smallest absolute Gasteiger partial charge is 0.119 e. The lowest BCUT2D eigenvalue weighted by atomic mass is 10.1. The van der Waals surface area contributed by atoms with Gasteiger partial charge in [-0.15, -0.1) is 0 Å². The van der Waals surface area contributed by atoms with Gasteiger partial charge in [0.25, 0.3) is 0 Å². The number of rotatable bonds is 7. The van der Waals surface area contributed by atoms with Gasteiger partial charge in [-0.05, 0) is 43.5 Å². The van der Waals surface area contributed by atoms with Crippen LogP contribution in [0.1, 0.15) is 43.0 Å². The van der Waals surface area contributed by atoms with Crippen LogP contribution < -0.4 is 10.1 Å². The Morgan fingerprint density at radius 3 is 2.67 bits per heavy atom. The maximum Gasteiger partial charge on any atom is 0.119 e. The monoisotopic (exact) mass is 283 g/mol. The van der Waals surface area contributed by atoms with Gasteiger partial charge in [0.1, 0.15) is 5.75 Å². The maximum atomic E-state index is 5.68. The molecule has 0 saturated heterocycles. The van der Waals surface area contributed by atoms with Gasteiger partial charge in [0.05, 0.1) is 6.61 Å². The van der Waals surface area contributed by atoms with E-state index in [1.165, 1.54) is 16.7 Å². The predicted octanol–water partition coefficient (Wildman–Crippen LogP) is 4.63. The van der Waals surface area contributed by atoms with Crippen LogP contribution in [0, 0.1) is 6.92 Å². The van der Waals surface area contributed by atoms with Crippen LogP contribution in [0.5, 0.6) is 5.75 Å². The molecule has 1 N–H and O–H groups in total. The van der Waals surface area contributed by atoms with E-state index in [1.54, 1.807) is 0 Å². The number of ether oxygens (including phenoxy) is 1. The average molecular weight is 283 g/mol. The van der Waals surface area contributed by atoms with Crippen LogP contribution in [0.2, 0.25) is 0 Å². The zero-order valence-electron chi connectivity index (χ0n) is 13.2. The molecule has 0 bridgehead atoms. The molecule has 0 aliphatic rings. The van der Waals surface area contributed by atoms with E-state index in [-0.39, 0.29) is 0 Å². The molecule has 2 aromatic rings. The molecule has 0 radical (unpaired) electrons. The van der Waals surface area contributed by atoms with Crippen molar-refractivity contribution < 1.29 is 4.74 Å². The van der Waals surface area contributed by atoms with Crippen molar-refractivity contribution in [1.82, 2.24) is 5.32 Å². The molecule has 0 aliphatic heterocycles. The van der Waals surface area contributed by atoms with Crippen molar-refractivity contribution >= 4 is 0 Å². The highest BCUT2D eigenvalue weighted by atomic mass is 16.5. The average Bonchev–Trinajstić information content (AvgIpc) is 2.51. The van der Waals surface area contributed by atoms with Gasteiger partial charge in [0, 0.05) is 12.6 Å². The van der Waals surface area contributed by atoms with E-state index in [0.717, 1.165) is 25.3 Å². The first-order valence-corrected chi connectivity index (χ1v) is 7.70. The van der Waals surface area contributed by atoms with Gasteiger partial charge in [-0.25, -0.2) is 0 Å². The quantitative estimate of drug-likeness (QED) is 0.799. The second-order valence-corrected chi connectivity index (χ2v) is 5.51. The molecule has 2 nitrogen and oxygen atoms in total. The summed E-state index contributed by atoms with van der Waals surface area (Å²) in [5.41, 5.74) is 3.88. The molecule has 0 aliphatic carbocycles. The van der Waals surface area contributed by atoms with Crippen LogP contribution in [0.25, 0.3) is 0 Å². The fourth-order valence-corrected chi connectivity index (χ4v) is 2.29. The van der Waals surface area contributed by atoms with E-state index < -0.39 is 0 Å². The summed E-state index contributed by atoms with van der Waals surface area (Å²) in [6, 6.07) is 17.3. The molecule has 21 heavy (non-hydrogen) atoms. The highest BCUT2D eigenvalue weighted by molar-refractivity contribution is 5.29. The number of benzene rings is 2. The zero-order chi connectivity index (χ0) is 15.1. The lowest BCUT2D eigenvalue weighted by Crippen LogP contribution is -2.18. The Labute approximate surface area is 128 Å². The molecule has 2 aromatic carbocycles. The number of hydrogen-bond acceptors (Lipinski definition) is 2. The molecule has 0 fully saturated rings. The topological polar surface area (TPSA) is 21.3 Å². The number of hydrogen-bond donors (Lipinski definition) is 1. The second-order valence-electron chi connectivity index (χ2n) is 5.51. The Morgan fingerprint density at radius 1 is 1.10 bits per heavy atom. The largest absolute Gasteiger partial charge is 0.494 e. The summed E-state index contributed by atoms with van der Waals surface area (Å²) in [5.74, 6) is 0.958. The SMILES string of the molecule is CCCOc1cccc(CN[C@@H](C)c2cccc(C)c2)c1. The molecule has 0 amide bonds. The van der Waals surface area contributed by atoms with Crippen molar-refractivity contribution in [2.45, 2.75) is 39.8 Å². The Balaban J connectivity index is 1.93. The van der Waals surface area contributed by atoms with Crippen molar-refractivity contribution in [3.63, 3.8) is 0 Å². The van der Waals surface area contributed by atoms with Gasteiger partial charge in [-0.2, -0.15) is 0 Å². The molecule has 0 aromatic heterocycles. The first kappa shape index (κ1) is 15.6. The van der Waals surface area contributed by atoms with Gasteiger partial charge in [-0.3, -0.25) is 0 Å². The summed E-state index contributed by atoms with van der Waals surface area (Å²) >= 11 is 0. The summed E-state index contributed by atoms with van der Waals surface area (Å²) < 4.78 is 5.68. The van der Waals surface area contributed by atoms with Gasteiger partial charge in [-0.1, -0.05) is 48.9 Å². The highest BCUT2D eigenvalue weighted by Gasteiger charge is 2.05. The van der Waals surface area contributed by atoms with Crippen LogP contribution in [0.4, 0.5) is 0 Å². The molecule has 0 unspecified atom stereocenters. The highest BCUT2D eigenvalue weighted by Crippen LogP contribution is 2.17. The minimum atomic E-state index is 0.338. The van der Waals surface area contributed by atoms with E-state index in [0.29, 0.717) is 6.04 Å². The third kappa shape index (κ3) is 4.91. The Kier molecular flexibility index (Phi) is 5.82. The van der Waals surface area contributed by atoms with Crippen molar-refractivity contribution in [2.24, 2.45) is 0 Å². The standard InChI is InChI=1S/C19H25NO/c1-4-11-21-19-10-6-8-17(13-19)14-20-16(3)18-9-5-7-15(2)12-18/h5-10,12-13,16,20H,4,11,14H2,1-3H3/t16-/m0/s1. The second kappa shape index (κ2) is 7.84. The molecule has 112 valence electrons. The van der Waals surface area contributed by atoms with E-state index in [4.69, 9.17) is 4.74 Å². The van der Waals surface area contributed by atoms with E-state index in [2.05, 4.69) is 68.6 Å². The van der Waals surface area contributed by atoms with Gasteiger partial charge < -0.3 is 10.1 Å².